The van der Waals surface area contributed by atoms with Crippen LogP contribution < -0.4 is 0 Å². The van der Waals surface area contributed by atoms with Crippen molar-refractivity contribution in [2.24, 2.45) is 5.92 Å². The molecule has 0 radical (unpaired) electrons. The number of rotatable bonds is 8. The zero-order valence-electron chi connectivity index (χ0n) is 15.4. The van der Waals surface area contributed by atoms with Crippen LogP contribution >= 0.6 is 0 Å². The van der Waals surface area contributed by atoms with Crippen LogP contribution in [0.5, 0.6) is 0 Å². The fraction of sp³-hybridized carbons (Fsp3) is 0.722. The van der Waals surface area contributed by atoms with Crippen molar-refractivity contribution in [3.63, 3.8) is 0 Å². The van der Waals surface area contributed by atoms with Crippen LogP contribution in [0.15, 0.2) is 12.7 Å². The molecule has 0 spiro atoms. The minimum atomic E-state index is -1.87. The van der Waals surface area contributed by atoms with E-state index in [1.807, 2.05) is 11.0 Å². The molecule has 0 aliphatic carbocycles. The van der Waals surface area contributed by atoms with Gasteiger partial charge in [-0.25, -0.2) is 0 Å². The van der Waals surface area contributed by atoms with E-state index in [1.165, 1.54) is 0 Å². The molecule has 0 saturated carbocycles. The molecule has 3 atom stereocenters. The Bertz CT molecular complexity index is 478. The van der Waals surface area contributed by atoms with E-state index in [1.54, 1.807) is 0 Å². The summed E-state index contributed by atoms with van der Waals surface area (Å²) in [6.45, 7) is 17.4. The Balaban J connectivity index is 2.80. The number of hydrogen-bond acceptors (Lipinski definition) is 2. The molecule has 0 bridgehead atoms. The number of likely N-dealkylation sites (tertiary alicyclic amines) is 1. The van der Waals surface area contributed by atoms with Gasteiger partial charge in [-0.1, -0.05) is 0 Å². The third-order valence-corrected chi connectivity index (χ3v) is 12.3. The van der Waals surface area contributed by atoms with Crippen molar-refractivity contribution in [3.05, 3.63) is 12.7 Å². The predicted octanol–water partition coefficient (Wildman–Crippen LogP) is 3.51. The first kappa shape index (κ1) is 20.5. The number of hydrogen-bond donors (Lipinski definition) is 0. The molecule has 1 rings (SSSR count). The maximum atomic E-state index is 12.5. The van der Waals surface area contributed by atoms with Gasteiger partial charge >= 0.3 is 149 Å². The first-order valence-electron chi connectivity index (χ1n) is 8.21. The Morgan fingerprint density at radius 2 is 2.13 bits per heavy atom. The van der Waals surface area contributed by atoms with E-state index in [-0.39, 0.29) is 27.9 Å². The van der Waals surface area contributed by atoms with Gasteiger partial charge in [0.05, 0.1) is 0 Å². The van der Waals surface area contributed by atoms with Crippen LogP contribution in [0.25, 0.3) is 0 Å². The van der Waals surface area contributed by atoms with Gasteiger partial charge in [-0.2, -0.15) is 0 Å². The fourth-order valence-electron chi connectivity index (χ4n) is 2.43. The molecular formula is C18H31NO2SeSi. The van der Waals surface area contributed by atoms with Gasteiger partial charge < -0.3 is 0 Å². The van der Waals surface area contributed by atoms with Gasteiger partial charge in [0, 0.05) is 0 Å². The van der Waals surface area contributed by atoms with Gasteiger partial charge in [0.25, 0.3) is 0 Å². The van der Waals surface area contributed by atoms with E-state index < -0.39 is 8.32 Å². The van der Waals surface area contributed by atoms with E-state index in [2.05, 4.69) is 53.3 Å². The number of amides is 1. The predicted molar refractivity (Wildman–Crippen MR) is 101 cm³/mol. The molecule has 0 aromatic heterocycles. The molecule has 23 heavy (non-hydrogen) atoms. The first-order valence-corrected chi connectivity index (χ1v) is 13.3. The molecule has 1 amide bonds. The van der Waals surface area contributed by atoms with E-state index in [0.29, 0.717) is 21.5 Å². The Morgan fingerprint density at radius 1 is 1.52 bits per heavy atom. The van der Waals surface area contributed by atoms with Crippen LogP contribution in [0.4, 0.5) is 0 Å². The normalized spacial score (nSPS) is 23.2. The van der Waals surface area contributed by atoms with Crippen molar-refractivity contribution in [1.29, 1.82) is 0 Å². The SMILES string of the molecule is C#CCN1C(=O)[C@H]([C@@H](C)O[Si](C)(C)C(C)(C)C)[C@H]1[Se]CCC=C. The second-order valence-corrected chi connectivity index (χ2v) is 14.9. The minimum absolute atomic E-state index is 0.0257. The van der Waals surface area contributed by atoms with E-state index in [4.69, 9.17) is 10.8 Å². The number of terminal acetylenes is 1. The zero-order valence-corrected chi connectivity index (χ0v) is 18.1. The van der Waals surface area contributed by atoms with E-state index >= 15 is 0 Å². The second kappa shape index (κ2) is 8.03. The molecule has 0 N–H and O–H groups in total. The van der Waals surface area contributed by atoms with Crippen LogP contribution in [0.1, 0.15) is 34.1 Å². The van der Waals surface area contributed by atoms with Crippen LogP contribution in [-0.2, 0) is 9.22 Å². The van der Waals surface area contributed by atoms with Crippen molar-refractivity contribution >= 4 is 29.2 Å². The first-order chi connectivity index (χ1) is 10.6. The number of carbonyl (C=O) groups is 1. The molecule has 5 heteroatoms. The number of β-lactam (4-membered cyclic amide) rings is 1. The van der Waals surface area contributed by atoms with Crippen LogP contribution in [-0.4, -0.2) is 51.7 Å². The molecule has 1 aliphatic heterocycles. The van der Waals surface area contributed by atoms with Crippen LogP contribution in [0.2, 0.25) is 23.5 Å². The summed E-state index contributed by atoms with van der Waals surface area (Å²) in [5.41, 5.74) is 0. The fourth-order valence-corrected chi connectivity index (χ4v) is 6.90. The molecule has 1 fully saturated rings. The molecule has 0 unspecified atom stereocenters. The van der Waals surface area contributed by atoms with Crippen molar-refractivity contribution < 1.29 is 9.22 Å². The molecule has 130 valence electrons. The molecule has 3 nitrogen and oxygen atoms in total. The Morgan fingerprint density at radius 3 is 2.61 bits per heavy atom. The average molecular weight is 400 g/mol. The van der Waals surface area contributed by atoms with Crippen LogP contribution in [0.3, 0.4) is 0 Å². The van der Waals surface area contributed by atoms with Gasteiger partial charge in [0.2, 0.25) is 0 Å². The molecule has 1 heterocycles. The van der Waals surface area contributed by atoms with E-state index in [9.17, 15) is 4.79 Å². The number of allylic oxidation sites excluding steroid dienone is 1. The quantitative estimate of drug-likeness (QED) is 0.205. The molecule has 0 aromatic rings. The Kier molecular flexibility index (Phi) is 7.16. The monoisotopic (exact) mass is 401 g/mol. The van der Waals surface area contributed by atoms with Gasteiger partial charge in [-0.3, -0.25) is 0 Å². The Labute approximate surface area is 149 Å². The molecule has 1 saturated heterocycles. The third kappa shape index (κ3) is 4.73. The Hall–Kier alpha value is -0.534. The molecule has 1 aliphatic rings. The van der Waals surface area contributed by atoms with Gasteiger partial charge in [0.1, 0.15) is 0 Å². The summed E-state index contributed by atoms with van der Waals surface area (Å²) in [7, 11) is -1.87. The summed E-state index contributed by atoms with van der Waals surface area (Å²) in [6.07, 6.45) is 8.33. The van der Waals surface area contributed by atoms with Gasteiger partial charge in [-0.15, -0.1) is 0 Å². The van der Waals surface area contributed by atoms with Crippen molar-refractivity contribution in [1.82, 2.24) is 4.90 Å². The van der Waals surface area contributed by atoms with Crippen molar-refractivity contribution in [3.8, 4) is 12.3 Å². The van der Waals surface area contributed by atoms with Crippen molar-refractivity contribution in [2.45, 2.75) is 68.6 Å². The summed E-state index contributed by atoms with van der Waals surface area (Å²) in [6, 6.07) is 0. The average Bonchev–Trinajstić information content (AvgIpc) is 2.42. The topological polar surface area (TPSA) is 29.5 Å². The van der Waals surface area contributed by atoms with E-state index in [0.717, 1.165) is 11.7 Å². The van der Waals surface area contributed by atoms with Gasteiger partial charge in [-0.05, 0) is 0 Å². The zero-order chi connectivity index (χ0) is 17.8. The summed E-state index contributed by atoms with van der Waals surface area (Å²) in [4.78, 5) is 14.7. The third-order valence-electron chi connectivity index (χ3n) is 4.85. The second-order valence-electron chi connectivity index (χ2n) is 7.62. The number of nitrogens with zero attached hydrogens (tertiary/aromatic N) is 1. The van der Waals surface area contributed by atoms with Crippen molar-refractivity contribution in [2.75, 3.05) is 6.54 Å². The summed E-state index contributed by atoms with van der Waals surface area (Å²) in [5, 5.41) is 1.24. The molecule has 0 aromatic carbocycles. The van der Waals surface area contributed by atoms with Crippen LogP contribution in [0, 0.1) is 18.3 Å². The molecular weight excluding hydrogens is 369 g/mol. The summed E-state index contributed by atoms with van der Waals surface area (Å²) < 4.78 is 6.47. The standard InChI is InChI=1S/C18H31NO2SeSi/c1-9-11-13-22-17-15(16(20)19(17)12-10-2)14(3)21-23(7,8)18(4,5)6/h2,9,14-15,17H,1,11-13H2,3-8H3/t14-,15+,17-/m1/s1. The van der Waals surface area contributed by atoms with Gasteiger partial charge in [0.15, 0.2) is 0 Å². The maximum absolute atomic E-state index is 12.5. The number of carbonyl (C=O) groups excluding carboxylic acids is 1. The summed E-state index contributed by atoms with van der Waals surface area (Å²) >= 11 is 0.356. The summed E-state index contributed by atoms with van der Waals surface area (Å²) in [5.74, 6) is 2.76.